The first kappa shape index (κ1) is 14.8. The lowest BCUT2D eigenvalue weighted by molar-refractivity contribution is -0.137. The highest BCUT2D eigenvalue weighted by molar-refractivity contribution is 7.91. The van der Waals surface area contributed by atoms with Crippen LogP contribution in [0.4, 0.5) is 0 Å². The maximum Gasteiger partial charge on any atom is 0.225 e. The van der Waals surface area contributed by atoms with Gasteiger partial charge in [-0.05, 0) is 38.0 Å². The second-order valence-corrected chi connectivity index (χ2v) is 8.68. The number of rotatable bonds is 5. The van der Waals surface area contributed by atoms with Gasteiger partial charge in [-0.15, -0.1) is 0 Å². The average Bonchev–Trinajstić information content (AvgIpc) is 2.98. The smallest absolute Gasteiger partial charge is 0.225 e. The van der Waals surface area contributed by atoms with Gasteiger partial charge in [-0.2, -0.15) is 0 Å². The van der Waals surface area contributed by atoms with Crippen LogP contribution in [0.15, 0.2) is 0 Å². The molecule has 0 N–H and O–H groups in total. The highest BCUT2D eigenvalue weighted by atomic mass is 32.2. The molecular formula is C14H25NO3S. The van der Waals surface area contributed by atoms with Crippen molar-refractivity contribution in [3.63, 3.8) is 0 Å². The van der Waals surface area contributed by atoms with E-state index in [2.05, 4.69) is 0 Å². The third-order valence-corrected chi connectivity index (χ3v) is 6.87. The van der Waals surface area contributed by atoms with E-state index in [4.69, 9.17) is 0 Å². The number of fused-ring (bicyclic) bond motifs is 2. The highest BCUT2D eigenvalue weighted by Crippen LogP contribution is 2.48. The molecule has 0 unspecified atom stereocenters. The first-order chi connectivity index (χ1) is 8.84. The van der Waals surface area contributed by atoms with Crippen LogP contribution in [-0.2, 0) is 14.6 Å². The molecule has 0 aromatic carbocycles. The van der Waals surface area contributed by atoms with E-state index in [-0.39, 0.29) is 29.4 Å². The summed E-state index contributed by atoms with van der Waals surface area (Å²) < 4.78 is 23.3. The van der Waals surface area contributed by atoms with Gasteiger partial charge < -0.3 is 4.90 Å². The largest absolute Gasteiger partial charge is 0.342 e. The molecule has 2 rings (SSSR count). The summed E-state index contributed by atoms with van der Waals surface area (Å²) in [6, 6.07) is -0.225. The molecule has 2 aliphatic carbocycles. The Balaban J connectivity index is 1.95. The first-order valence-electron chi connectivity index (χ1n) is 7.31. The lowest BCUT2D eigenvalue weighted by atomic mass is 9.87. The number of carbonyl (C=O) groups is 1. The molecule has 4 nitrogen and oxygen atoms in total. The Bertz CT molecular complexity index is 446. The zero-order valence-electron chi connectivity index (χ0n) is 12.1. The lowest BCUT2D eigenvalue weighted by Gasteiger charge is -2.30. The average molecular weight is 287 g/mol. The van der Waals surface area contributed by atoms with Crippen molar-refractivity contribution < 1.29 is 13.2 Å². The molecule has 2 bridgehead atoms. The zero-order chi connectivity index (χ0) is 14.2. The highest BCUT2D eigenvalue weighted by Gasteiger charge is 2.44. The van der Waals surface area contributed by atoms with Crippen LogP contribution in [0.1, 0.15) is 39.5 Å². The quantitative estimate of drug-likeness (QED) is 0.773. The maximum atomic E-state index is 12.5. The molecule has 4 atom stereocenters. The van der Waals surface area contributed by atoms with Gasteiger partial charge in [0.2, 0.25) is 5.91 Å². The Morgan fingerprint density at radius 1 is 1.32 bits per heavy atom. The van der Waals surface area contributed by atoms with E-state index < -0.39 is 9.84 Å². The van der Waals surface area contributed by atoms with Crippen LogP contribution in [0.5, 0.6) is 0 Å². The van der Waals surface area contributed by atoms with Crippen LogP contribution in [0.2, 0.25) is 0 Å². The van der Waals surface area contributed by atoms with Gasteiger partial charge in [0.05, 0.1) is 5.75 Å². The van der Waals surface area contributed by atoms with Crippen LogP contribution in [0.25, 0.3) is 0 Å². The number of carbonyl (C=O) groups excluding carboxylic acids is 1. The molecule has 1 amide bonds. The van der Waals surface area contributed by atoms with E-state index >= 15 is 0 Å². The Morgan fingerprint density at radius 2 is 2.00 bits per heavy atom. The Kier molecular flexibility index (Phi) is 4.23. The van der Waals surface area contributed by atoms with Crippen molar-refractivity contribution in [1.82, 2.24) is 4.90 Å². The third kappa shape index (κ3) is 3.12. The summed E-state index contributed by atoms with van der Waals surface area (Å²) in [4.78, 5) is 14.1. The van der Waals surface area contributed by atoms with Crippen molar-refractivity contribution in [3.05, 3.63) is 0 Å². The Hall–Kier alpha value is -0.580. The van der Waals surface area contributed by atoms with Crippen LogP contribution >= 0.6 is 0 Å². The fourth-order valence-corrected chi connectivity index (χ4v) is 4.82. The van der Waals surface area contributed by atoms with Gasteiger partial charge in [-0.1, -0.05) is 13.3 Å². The molecule has 0 saturated heterocycles. The van der Waals surface area contributed by atoms with Gasteiger partial charge in [0, 0.05) is 24.8 Å². The molecule has 0 radical (unpaired) electrons. The second-order valence-electron chi connectivity index (χ2n) is 6.28. The van der Waals surface area contributed by atoms with E-state index in [1.807, 2.05) is 6.92 Å². The second kappa shape index (κ2) is 5.43. The standard InChI is InChI=1S/C14H25NO3S/c1-4-19(17,18)9-10(2)15(3)14(16)13-8-11-5-6-12(13)7-11/h10-13H,4-9H2,1-3H3/t10-,11+,12+,13+/m1/s1. The van der Waals surface area contributed by atoms with Crippen molar-refractivity contribution in [2.45, 2.75) is 45.6 Å². The summed E-state index contributed by atoms with van der Waals surface area (Å²) in [5, 5.41) is 0. The molecule has 2 aliphatic rings. The summed E-state index contributed by atoms with van der Waals surface area (Å²) in [6.07, 6.45) is 4.67. The molecule has 5 heteroatoms. The summed E-state index contributed by atoms with van der Waals surface area (Å²) in [5.74, 6) is 1.82. The van der Waals surface area contributed by atoms with E-state index in [0.717, 1.165) is 12.3 Å². The molecule has 110 valence electrons. The van der Waals surface area contributed by atoms with Crippen LogP contribution < -0.4 is 0 Å². The molecule has 19 heavy (non-hydrogen) atoms. The summed E-state index contributed by atoms with van der Waals surface area (Å²) >= 11 is 0. The van der Waals surface area contributed by atoms with Gasteiger partial charge in [-0.25, -0.2) is 8.42 Å². The molecule has 0 spiro atoms. The normalized spacial score (nSPS) is 31.4. The van der Waals surface area contributed by atoms with Crippen molar-refractivity contribution in [1.29, 1.82) is 0 Å². The number of sulfone groups is 1. The number of hydrogen-bond acceptors (Lipinski definition) is 3. The van der Waals surface area contributed by atoms with Gasteiger partial charge in [-0.3, -0.25) is 4.79 Å². The summed E-state index contributed by atoms with van der Waals surface area (Å²) in [7, 11) is -1.27. The summed E-state index contributed by atoms with van der Waals surface area (Å²) in [5.41, 5.74) is 0. The summed E-state index contributed by atoms with van der Waals surface area (Å²) in [6.45, 7) is 3.48. The van der Waals surface area contributed by atoms with Crippen LogP contribution in [-0.4, -0.2) is 43.8 Å². The minimum absolute atomic E-state index is 0.0759. The molecular weight excluding hydrogens is 262 g/mol. The van der Waals surface area contributed by atoms with Crippen molar-refractivity contribution >= 4 is 15.7 Å². The van der Waals surface area contributed by atoms with Gasteiger partial charge >= 0.3 is 0 Å². The van der Waals surface area contributed by atoms with E-state index in [0.29, 0.717) is 5.92 Å². The fraction of sp³-hybridized carbons (Fsp3) is 0.929. The van der Waals surface area contributed by atoms with Crippen molar-refractivity contribution in [2.75, 3.05) is 18.6 Å². The van der Waals surface area contributed by atoms with Crippen LogP contribution in [0.3, 0.4) is 0 Å². The fourth-order valence-electron chi connectivity index (χ4n) is 3.62. The molecule has 0 heterocycles. The van der Waals surface area contributed by atoms with Crippen LogP contribution in [0, 0.1) is 17.8 Å². The SMILES string of the molecule is CCS(=O)(=O)C[C@@H](C)N(C)C(=O)[C@H]1C[C@H]2CC[C@H]1C2. The minimum Gasteiger partial charge on any atom is -0.342 e. The Labute approximate surface area is 116 Å². The molecule has 2 fully saturated rings. The molecule has 0 aromatic heterocycles. The van der Waals surface area contributed by atoms with E-state index in [1.165, 1.54) is 19.3 Å². The molecule has 0 aromatic rings. The topological polar surface area (TPSA) is 54.5 Å². The van der Waals surface area contributed by atoms with E-state index in [9.17, 15) is 13.2 Å². The number of amides is 1. The van der Waals surface area contributed by atoms with E-state index in [1.54, 1.807) is 18.9 Å². The van der Waals surface area contributed by atoms with Gasteiger partial charge in [0.15, 0.2) is 9.84 Å². The lowest BCUT2D eigenvalue weighted by Crippen LogP contribution is -2.44. The monoisotopic (exact) mass is 287 g/mol. The molecule has 0 aliphatic heterocycles. The predicted molar refractivity (Wildman–Crippen MR) is 75.5 cm³/mol. The minimum atomic E-state index is -3.02. The number of nitrogens with zero attached hydrogens (tertiary/aromatic N) is 1. The van der Waals surface area contributed by atoms with Gasteiger partial charge in [0.1, 0.15) is 0 Å². The van der Waals surface area contributed by atoms with Gasteiger partial charge in [0.25, 0.3) is 0 Å². The maximum absolute atomic E-state index is 12.5. The first-order valence-corrected chi connectivity index (χ1v) is 9.13. The van der Waals surface area contributed by atoms with Crippen molar-refractivity contribution in [3.8, 4) is 0 Å². The van der Waals surface area contributed by atoms with Crippen molar-refractivity contribution in [2.24, 2.45) is 17.8 Å². The number of hydrogen-bond donors (Lipinski definition) is 0. The molecule has 2 saturated carbocycles. The third-order valence-electron chi connectivity index (χ3n) is 5.00. The predicted octanol–water partition coefficient (Wildman–Crippen LogP) is 1.70. The zero-order valence-corrected chi connectivity index (χ0v) is 12.9. The Morgan fingerprint density at radius 3 is 2.47 bits per heavy atom.